The number of nitro groups is 1. The zero-order valence-corrected chi connectivity index (χ0v) is 19.6. The van der Waals surface area contributed by atoms with E-state index in [4.69, 9.17) is 20.8 Å². The van der Waals surface area contributed by atoms with Crippen molar-refractivity contribution in [2.45, 2.75) is 26.2 Å². The maximum absolute atomic E-state index is 12.9. The fourth-order valence-electron chi connectivity index (χ4n) is 3.84. The molecule has 0 fully saturated rings. The van der Waals surface area contributed by atoms with Crippen LogP contribution in [0.5, 0.6) is 5.75 Å². The van der Waals surface area contributed by atoms with Crippen LogP contribution in [0.2, 0.25) is 5.02 Å². The van der Waals surface area contributed by atoms with Gasteiger partial charge in [-0.1, -0.05) is 11.6 Å². The molecule has 1 heterocycles. The average Bonchev–Trinajstić information content (AvgIpc) is 3.20. The Hall–Kier alpha value is -4.18. The Kier molecular flexibility index (Phi) is 6.83. The number of nitrogens with one attached hydrogen (secondary N) is 2. The van der Waals surface area contributed by atoms with Crippen LogP contribution >= 0.6 is 11.6 Å². The number of fused-ring (bicyclic) bond motifs is 1. The summed E-state index contributed by atoms with van der Waals surface area (Å²) in [6, 6.07) is 10.7. The standard InChI is InChI=1S/C24H21ClN4O6/c1-13-21-18(27-28-23(30)14-6-11-17(25)19(12-14)29(32)33)4-3-5-20(21)35-22(13)24(31)26-15-7-9-16(34-2)10-8-15/h6-12H,3-5H2,1-2H3,(H,26,31)(H,28,30)/b27-18+. The molecule has 0 spiro atoms. The number of amides is 2. The third kappa shape index (κ3) is 5.02. The normalized spacial score (nSPS) is 13.7. The van der Waals surface area contributed by atoms with Crippen LogP contribution in [0.3, 0.4) is 0 Å². The number of benzene rings is 2. The molecule has 0 unspecified atom stereocenters. The molecule has 0 saturated carbocycles. The van der Waals surface area contributed by atoms with Gasteiger partial charge in [0, 0.05) is 34.9 Å². The maximum Gasteiger partial charge on any atom is 0.291 e. The van der Waals surface area contributed by atoms with Crippen LogP contribution < -0.4 is 15.5 Å². The number of hydrogen-bond donors (Lipinski definition) is 2. The number of halogens is 1. The number of nitrogens with zero attached hydrogens (tertiary/aromatic N) is 2. The van der Waals surface area contributed by atoms with Crippen molar-refractivity contribution in [3.8, 4) is 5.75 Å². The number of aryl methyl sites for hydroxylation is 1. The predicted molar refractivity (Wildman–Crippen MR) is 129 cm³/mol. The van der Waals surface area contributed by atoms with Gasteiger partial charge < -0.3 is 14.5 Å². The van der Waals surface area contributed by atoms with Gasteiger partial charge in [-0.05, 0) is 56.2 Å². The zero-order chi connectivity index (χ0) is 25.1. The topological polar surface area (TPSA) is 136 Å². The molecule has 3 aromatic rings. The molecule has 2 N–H and O–H groups in total. The first kappa shape index (κ1) is 24.0. The summed E-state index contributed by atoms with van der Waals surface area (Å²) in [4.78, 5) is 35.9. The van der Waals surface area contributed by atoms with Gasteiger partial charge in [-0.3, -0.25) is 19.7 Å². The summed E-state index contributed by atoms with van der Waals surface area (Å²) < 4.78 is 11.0. The molecule has 10 nitrogen and oxygen atoms in total. The Morgan fingerprint density at radius 2 is 1.89 bits per heavy atom. The van der Waals surface area contributed by atoms with E-state index in [9.17, 15) is 19.7 Å². The molecule has 0 bridgehead atoms. The Morgan fingerprint density at radius 3 is 2.57 bits per heavy atom. The second-order valence-electron chi connectivity index (χ2n) is 7.81. The van der Waals surface area contributed by atoms with Crippen LogP contribution in [0.1, 0.15) is 50.6 Å². The molecular formula is C24H21ClN4O6. The van der Waals surface area contributed by atoms with Crippen molar-refractivity contribution in [1.29, 1.82) is 0 Å². The summed E-state index contributed by atoms with van der Waals surface area (Å²) in [7, 11) is 1.56. The van der Waals surface area contributed by atoms with E-state index in [2.05, 4.69) is 15.8 Å². The molecular weight excluding hydrogens is 476 g/mol. The van der Waals surface area contributed by atoms with Gasteiger partial charge in [-0.25, -0.2) is 5.43 Å². The minimum Gasteiger partial charge on any atom is -0.497 e. The third-order valence-corrected chi connectivity index (χ3v) is 5.90. The zero-order valence-electron chi connectivity index (χ0n) is 18.9. The van der Waals surface area contributed by atoms with Crippen molar-refractivity contribution >= 4 is 40.5 Å². The fraction of sp³-hybridized carbons (Fsp3) is 0.208. The number of hydrogen-bond acceptors (Lipinski definition) is 7. The smallest absolute Gasteiger partial charge is 0.291 e. The van der Waals surface area contributed by atoms with E-state index >= 15 is 0 Å². The molecule has 1 aromatic heterocycles. The minimum atomic E-state index is -0.661. The number of carbonyl (C=O) groups is 2. The van der Waals surface area contributed by atoms with Gasteiger partial charge in [0.2, 0.25) is 0 Å². The van der Waals surface area contributed by atoms with Crippen LogP contribution in [0.15, 0.2) is 52.0 Å². The number of methoxy groups -OCH3 is 1. The second-order valence-corrected chi connectivity index (χ2v) is 8.22. The van der Waals surface area contributed by atoms with E-state index in [0.29, 0.717) is 46.9 Å². The Bertz CT molecular complexity index is 1350. The van der Waals surface area contributed by atoms with Crippen LogP contribution in [0.4, 0.5) is 11.4 Å². The molecule has 4 rings (SSSR count). The van der Waals surface area contributed by atoms with Crippen LogP contribution in [0, 0.1) is 17.0 Å². The SMILES string of the molecule is COc1ccc(NC(=O)c2oc3c(c2C)/C(=N/NC(=O)c2ccc(Cl)c([N+](=O)[O-])c2)CCC3)cc1. The van der Waals surface area contributed by atoms with Gasteiger partial charge in [0.05, 0.1) is 17.7 Å². The van der Waals surface area contributed by atoms with Gasteiger partial charge in [0.15, 0.2) is 5.76 Å². The van der Waals surface area contributed by atoms with Crippen molar-refractivity contribution in [2.75, 3.05) is 12.4 Å². The number of rotatable bonds is 6. The van der Waals surface area contributed by atoms with E-state index in [1.165, 1.54) is 12.1 Å². The van der Waals surface area contributed by atoms with Gasteiger partial charge in [0.1, 0.15) is 16.5 Å². The lowest BCUT2D eigenvalue weighted by Gasteiger charge is -2.13. The Balaban J connectivity index is 1.55. The number of ether oxygens (including phenoxy) is 1. The van der Waals surface area contributed by atoms with Crippen LogP contribution in [0.25, 0.3) is 0 Å². The van der Waals surface area contributed by atoms with E-state index in [1.807, 2.05) is 0 Å². The molecule has 0 atom stereocenters. The summed E-state index contributed by atoms with van der Waals surface area (Å²) in [6.07, 6.45) is 1.91. The first-order valence-corrected chi connectivity index (χ1v) is 11.0. The summed E-state index contributed by atoms with van der Waals surface area (Å²) in [5.41, 5.74) is 4.56. The quantitative estimate of drug-likeness (QED) is 0.368. The average molecular weight is 497 g/mol. The van der Waals surface area contributed by atoms with Gasteiger partial charge in [-0.15, -0.1) is 0 Å². The van der Waals surface area contributed by atoms with E-state index in [0.717, 1.165) is 12.5 Å². The first-order valence-electron chi connectivity index (χ1n) is 10.7. The third-order valence-electron chi connectivity index (χ3n) is 5.58. The van der Waals surface area contributed by atoms with Crippen molar-refractivity contribution in [1.82, 2.24) is 5.43 Å². The number of hydrazone groups is 1. The second kappa shape index (κ2) is 9.98. The van der Waals surface area contributed by atoms with Crippen molar-refractivity contribution in [2.24, 2.45) is 5.10 Å². The summed E-state index contributed by atoms with van der Waals surface area (Å²) in [5, 5.41) is 18.1. The Morgan fingerprint density at radius 1 is 1.14 bits per heavy atom. The van der Waals surface area contributed by atoms with Gasteiger partial charge >= 0.3 is 0 Å². The van der Waals surface area contributed by atoms with Crippen molar-refractivity contribution in [3.63, 3.8) is 0 Å². The Labute approximate surface area is 205 Å². The molecule has 1 aliphatic carbocycles. The monoisotopic (exact) mass is 496 g/mol. The van der Waals surface area contributed by atoms with Crippen molar-refractivity contribution < 1.29 is 23.7 Å². The van der Waals surface area contributed by atoms with Crippen LogP contribution in [-0.4, -0.2) is 29.6 Å². The highest BCUT2D eigenvalue weighted by Crippen LogP contribution is 2.31. The molecule has 1 aliphatic rings. The van der Waals surface area contributed by atoms with Gasteiger partial charge in [-0.2, -0.15) is 5.10 Å². The number of anilines is 1. The molecule has 180 valence electrons. The molecule has 11 heteroatoms. The summed E-state index contributed by atoms with van der Waals surface area (Å²) in [6.45, 7) is 1.76. The predicted octanol–water partition coefficient (Wildman–Crippen LogP) is 4.88. The van der Waals surface area contributed by atoms with Gasteiger partial charge in [0.25, 0.3) is 17.5 Å². The highest BCUT2D eigenvalue weighted by atomic mass is 35.5. The maximum atomic E-state index is 12.9. The molecule has 0 aliphatic heterocycles. The molecule has 2 aromatic carbocycles. The van der Waals surface area contributed by atoms with E-state index < -0.39 is 16.7 Å². The first-order chi connectivity index (χ1) is 16.8. The van der Waals surface area contributed by atoms with E-state index in [1.54, 1.807) is 38.3 Å². The molecule has 35 heavy (non-hydrogen) atoms. The van der Waals surface area contributed by atoms with Crippen molar-refractivity contribution in [3.05, 3.63) is 85.8 Å². The summed E-state index contributed by atoms with van der Waals surface area (Å²) >= 11 is 5.81. The van der Waals surface area contributed by atoms with Crippen LogP contribution in [-0.2, 0) is 6.42 Å². The van der Waals surface area contributed by atoms with E-state index in [-0.39, 0.29) is 22.0 Å². The fourth-order valence-corrected chi connectivity index (χ4v) is 4.02. The molecule has 0 radical (unpaired) electrons. The number of nitro benzene ring substituents is 1. The number of carbonyl (C=O) groups excluding carboxylic acids is 2. The molecule has 2 amide bonds. The number of furan rings is 1. The highest BCUT2D eigenvalue weighted by Gasteiger charge is 2.28. The summed E-state index contributed by atoms with van der Waals surface area (Å²) in [5.74, 6) is 0.425. The highest BCUT2D eigenvalue weighted by molar-refractivity contribution is 6.32. The lowest BCUT2D eigenvalue weighted by Crippen LogP contribution is -2.22. The largest absolute Gasteiger partial charge is 0.497 e. The lowest BCUT2D eigenvalue weighted by molar-refractivity contribution is -0.384. The molecule has 0 saturated heterocycles. The lowest BCUT2D eigenvalue weighted by atomic mass is 9.93. The minimum absolute atomic E-state index is 0.0463.